The van der Waals surface area contributed by atoms with Crippen LogP contribution in [-0.2, 0) is 76.7 Å². The van der Waals surface area contributed by atoms with Crippen LogP contribution in [0.2, 0.25) is 0 Å². The van der Waals surface area contributed by atoms with Crippen molar-refractivity contribution >= 4 is 132 Å². The zero-order valence-electron chi connectivity index (χ0n) is 75.8. The zero-order chi connectivity index (χ0) is 94.2. The van der Waals surface area contributed by atoms with Gasteiger partial charge in [-0.05, 0) is 80.3 Å². The molecule has 12 atom stereocenters. The van der Waals surface area contributed by atoms with Crippen molar-refractivity contribution in [1.82, 2.24) is 72.4 Å². The molecule has 0 spiro atoms. The van der Waals surface area contributed by atoms with Gasteiger partial charge in [-0.25, -0.2) is 0 Å². The van der Waals surface area contributed by atoms with Crippen LogP contribution in [0.4, 0.5) is 0 Å². The van der Waals surface area contributed by atoms with Gasteiger partial charge in [0.05, 0.1) is 32.2 Å². The first-order valence-corrected chi connectivity index (χ1v) is 40.7. The highest BCUT2D eigenvalue weighted by Gasteiger charge is 2.32. The van der Waals surface area contributed by atoms with Crippen molar-refractivity contribution in [2.45, 2.75) is 182 Å². The van der Waals surface area contributed by atoms with E-state index in [-0.39, 0.29) is 106 Å². The molecule has 4 aromatic rings. The molecular formula is C87H144Cl3N17O20. The lowest BCUT2D eigenvalue weighted by atomic mass is 9.99. The van der Waals surface area contributed by atoms with Gasteiger partial charge in [0.25, 0.3) is 17.7 Å². The fourth-order valence-corrected chi connectivity index (χ4v) is 10.7. The number of likely N-dealkylation sites (N-methyl/N-ethyl adjacent to an activating group) is 4. The molecule has 0 aliphatic heterocycles. The summed E-state index contributed by atoms with van der Waals surface area (Å²) in [5.74, 6) is -10.1. The van der Waals surface area contributed by atoms with Gasteiger partial charge in [-0.1, -0.05) is 216 Å². The molecule has 13 amide bonds. The topological polar surface area (TPSA) is 557 Å². The molecular weight excluding hydrogens is 1710 g/mol. The normalized spacial score (nSPS) is 12.9. The number of hydrogen-bond acceptors (Lipinski definition) is 23. The maximum absolute atomic E-state index is 12.4. The van der Waals surface area contributed by atoms with Crippen molar-refractivity contribution in [2.75, 3.05) is 110 Å². The van der Waals surface area contributed by atoms with Crippen LogP contribution in [0.5, 0.6) is 0 Å². The Morgan fingerprint density at radius 2 is 0.583 bits per heavy atom. The van der Waals surface area contributed by atoms with Gasteiger partial charge >= 0.3 is 5.97 Å². The highest BCUT2D eigenvalue weighted by atomic mass is 35.5. The summed E-state index contributed by atoms with van der Waals surface area (Å²) in [6.07, 6.45) is 3.25. The lowest BCUT2D eigenvalue weighted by Crippen LogP contribution is -2.49. The van der Waals surface area contributed by atoms with E-state index in [9.17, 15) is 92.0 Å². The summed E-state index contributed by atoms with van der Waals surface area (Å²) in [5, 5.41) is 59.4. The predicted molar refractivity (Wildman–Crippen MR) is 494 cm³/mol. The maximum Gasteiger partial charge on any atom is 0.322 e. The quantitative estimate of drug-likeness (QED) is 0.0224. The van der Waals surface area contributed by atoms with Crippen molar-refractivity contribution in [3.8, 4) is 0 Å². The minimum atomic E-state index is -1.38. The molecule has 40 heteroatoms. The number of aliphatic carboxylic acids is 1. The van der Waals surface area contributed by atoms with Crippen LogP contribution in [-0.4, -0.2) is 280 Å². The van der Waals surface area contributed by atoms with E-state index in [0.717, 1.165) is 32.1 Å². The summed E-state index contributed by atoms with van der Waals surface area (Å²) in [6, 6.07) is 30.3. The van der Waals surface area contributed by atoms with E-state index >= 15 is 0 Å². The van der Waals surface area contributed by atoms with E-state index < -0.39 is 138 Å². The number of aliphatic hydroxyl groups is 3. The van der Waals surface area contributed by atoms with Gasteiger partial charge in [-0.15, -0.1) is 37.2 Å². The minimum absolute atomic E-state index is 0. The fourth-order valence-electron chi connectivity index (χ4n) is 10.7. The molecule has 0 saturated heterocycles. The van der Waals surface area contributed by atoms with Gasteiger partial charge in [0.15, 0.2) is 0 Å². The number of nitrogens with two attached hydrogens (primary N) is 3. The largest absolute Gasteiger partial charge is 0.480 e. The Hall–Kier alpha value is -10.6. The number of Topliss-reactive ketones (excluding diaryl/α,β-unsaturated/α-hetero) is 2. The number of hydrogen-bond donors (Lipinski definition) is 16. The molecule has 37 nitrogen and oxygen atoms in total. The van der Waals surface area contributed by atoms with Crippen molar-refractivity contribution in [3.63, 3.8) is 0 Å². The van der Waals surface area contributed by atoms with Gasteiger partial charge in [0.1, 0.15) is 49.0 Å². The third kappa shape index (κ3) is 52.9. The number of nitrogens with one attached hydrogen (secondary N) is 9. The van der Waals surface area contributed by atoms with Gasteiger partial charge in [-0.3, -0.25) is 81.6 Å². The van der Waals surface area contributed by atoms with E-state index in [1.807, 2.05) is 71.8 Å². The molecule has 0 heterocycles. The van der Waals surface area contributed by atoms with Crippen LogP contribution in [0.3, 0.4) is 0 Å². The van der Waals surface area contributed by atoms with Crippen LogP contribution in [0, 0.1) is 17.8 Å². The van der Waals surface area contributed by atoms with Gasteiger partial charge in [0.2, 0.25) is 70.6 Å². The molecule has 0 aromatic heterocycles. The number of amides is 13. The zero-order valence-corrected chi connectivity index (χ0v) is 78.3. The Morgan fingerprint density at radius 1 is 0.346 bits per heavy atom. The number of carboxylic acids is 1. The highest BCUT2D eigenvalue weighted by Crippen LogP contribution is 2.20. The fraction of sp³-hybridized carbons (Fsp3) is 0.540. The summed E-state index contributed by atoms with van der Waals surface area (Å²) >= 11 is 0. The first-order valence-electron chi connectivity index (χ1n) is 40.7. The Kier molecular flexibility index (Phi) is 71.5. The minimum Gasteiger partial charge on any atom is -0.480 e. The number of rotatable bonds is 43. The first-order chi connectivity index (χ1) is 57.8. The number of carbonyl (C=O) groups excluding carboxylic acids is 15. The summed E-state index contributed by atoms with van der Waals surface area (Å²) in [5.41, 5.74) is 18.9. The number of aliphatic hydroxyl groups excluding tert-OH is 3. The number of halogens is 3. The second kappa shape index (κ2) is 71.4. The molecule has 0 aliphatic rings. The Bertz CT molecular complexity index is 3680. The average molecular weight is 1850 g/mol. The molecule has 0 saturated carbocycles. The number of benzene rings is 4. The summed E-state index contributed by atoms with van der Waals surface area (Å²) in [4.78, 5) is 198. The van der Waals surface area contributed by atoms with E-state index in [1.165, 1.54) is 19.6 Å². The third-order valence-corrected chi connectivity index (χ3v) is 17.9. The Morgan fingerprint density at radius 3 is 0.819 bits per heavy atom. The maximum atomic E-state index is 12.4. The Balaban J connectivity index is -0.000000356. The molecule has 19 N–H and O–H groups in total. The van der Waals surface area contributed by atoms with Crippen LogP contribution in [0.1, 0.15) is 173 Å². The van der Waals surface area contributed by atoms with Crippen LogP contribution in [0.15, 0.2) is 121 Å². The monoisotopic (exact) mass is 1850 g/mol. The van der Waals surface area contributed by atoms with Crippen molar-refractivity contribution in [1.29, 1.82) is 0 Å². The number of nitrogens with zero attached hydrogens (tertiary/aromatic N) is 5. The molecule has 4 aromatic carbocycles. The summed E-state index contributed by atoms with van der Waals surface area (Å²) in [7, 11) is 16.6. The molecule has 0 radical (unpaired) electrons. The Labute approximate surface area is 767 Å². The van der Waals surface area contributed by atoms with Crippen LogP contribution < -0.4 is 65.1 Å². The van der Waals surface area contributed by atoms with Gasteiger partial charge in [-0.2, -0.15) is 0 Å². The van der Waals surface area contributed by atoms with Gasteiger partial charge in [0, 0.05) is 75.0 Å². The van der Waals surface area contributed by atoms with E-state index in [0.29, 0.717) is 61.0 Å². The van der Waals surface area contributed by atoms with E-state index in [4.69, 9.17) is 22.3 Å². The standard InChI is InChI=1S/C19H29N3O4.C19H27N3O4.C18H28N4O4.C18H26N4O4.C9H17NO4.C3H10N2.CH4.3ClH/c2*1-5-9-13(2)17(24)18(25)20-12-15(23)21-16(19(26)22(3)4)14-10-7-6-8-11-14;2*1-4-8-13(19)16(24)17(25)20-11-14(23)21-15(18(26)22(2)3)12-9-6-5-7-10-12;1-3-4-6(2)8(13)9(14)10-5-7(11)12;1-5(2)3-4;;;;/h6-8,10-11,13,16-17,24H,5,9,12H2,1-4H3,(H,20,25)(H,21,23);6-8,10-11,13,16H,5,9,12H2,1-4H3,(H,20,25)(H,21,23);5-7,9-10,13,15-16,24H,4,8,11,19H2,1-3H3,(H,20,25)(H,21,23);5-7,9-10,13,15H,4,8,11,19H2,1-3H3,(H,20,25)(H,21,23);6,8,13H,3-5H2,1-2H3,(H,10,14)(H,11,12);3-4H2,1-2H3;1H4;3*1H. The number of carboxylic acid groups (broad SMARTS) is 1. The molecule has 127 heavy (non-hydrogen) atoms. The summed E-state index contributed by atoms with van der Waals surface area (Å²) in [6.45, 7) is 13.6. The van der Waals surface area contributed by atoms with Crippen molar-refractivity contribution in [2.24, 2.45) is 35.0 Å². The second-order valence-electron chi connectivity index (χ2n) is 29.9. The van der Waals surface area contributed by atoms with Crippen molar-refractivity contribution < 1.29 is 97.1 Å². The average Bonchev–Trinajstić information content (AvgIpc) is 0.863. The van der Waals surface area contributed by atoms with Crippen LogP contribution in [0.25, 0.3) is 0 Å². The molecule has 12 unspecified atom stereocenters. The van der Waals surface area contributed by atoms with Crippen molar-refractivity contribution in [3.05, 3.63) is 144 Å². The van der Waals surface area contributed by atoms with E-state index in [1.54, 1.807) is 180 Å². The lowest BCUT2D eigenvalue weighted by molar-refractivity contribution is -0.140. The van der Waals surface area contributed by atoms with E-state index in [2.05, 4.69) is 47.9 Å². The first kappa shape index (κ1) is 127. The summed E-state index contributed by atoms with van der Waals surface area (Å²) < 4.78 is 0. The molecule has 0 bridgehead atoms. The van der Waals surface area contributed by atoms with Crippen LogP contribution >= 0.6 is 37.2 Å². The highest BCUT2D eigenvalue weighted by molar-refractivity contribution is 6.38. The molecule has 718 valence electrons. The SMILES string of the molecule is C.CCCC(C)C(=O)C(=O)NCC(=O)NC(C(=O)N(C)C)c1ccccc1.CCCC(C)C(O)C(=O)NCC(=O)NC(C(=O)N(C)C)c1ccccc1.CCCC(C)C(O)C(=O)NCC(=O)O.CCCC(N)C(=O)C(=O)NCC(=O)NC(C(=O)N(C)C)c1ccccc1.CCCC(N)C(O)C(=O)NCC(=O)NC(C(=O)N(C)C)c1ccccc1.CN(C)CN.Cl.Cl.Cl. The lowest BCUT2D eigenvalue weighted by Gasteiger charge is -2.22. The third-order valence-electron chi connectivity index (χ3n) is 17.9. The molecule has 0 fully saturated rings. The number of carbonyl (C=O) groups is 16. The predicted octanol–water partition coefficient (Wildman–Crippen LogP) is 2.53. The smallest absolute Gasteiger partial charge is 0.322 e. The van der Waals surface area contributed by atoms with Gasteiger partial charge < -0.3 is 105 Å². The number of ketones is 2. The molecule has 4 rings (SSSR count). The second-order valence-corrected chi connectivity index (χ2v) is 29.9. The molecule has 0 aliphatic carbocycles.